The maximum atomic E-state index is 13.1. The van der Waals surface area contributed by atoms with Gasteiger partial charge >= 0.3 is 0 Å². The Morgan fingerprint density at radius 2 is 1.90 bits per heavy atom. The molecule has 1 amide bonds. The van der Waals surface area contributed by atoms with E-state index in [0.29, 0.717) is 29.3 Å². The number of carbonyl (C=O) groups is 1. The molecule has 0 atom stereocenters. The molecule has 0 saturated carbocycles. The molecule has 0 saturated heterocycles. The van der Waals surface area contributed by atoms with Crippen molar-refractivity contribution in [3.63, 3.8) is 0 Å². The summed E-state index contributed by atoms with van der Waals surface area (Å²) >= 11 is 0. The smallest absolute Gasteiger partial charge is 0.258 e. The van der Waals surface area contributed by atoms with Crippen molar-refractivity contribution in [2.45, 2.75) is 32.7 Å². The van der Waals surface area contributed by atoms with E-state index in [0.717, 1.165) is 23.1 Å². The number of hydrogen-bond acceptors (Lipinski definition) is 5. The summed E-state index contributed by atoms with van der Waals surface area (Å²) in [5.41, 5.74) is 3.04. The first-order valence-electron chi connectivity index (χ1n) is 10.4. The molecule has 7 nitrogen and oxygen atoms in total. The van der Waals surface area contributed by atoms with Gasteiger partial charge in [0.25, 0.3) is 11.4 Å². The fraction of sp³-hybridized carbons (Fsp3) is 0.250. The predicted molar refractivity (Wildman–Crippen MR) is 118 cm³/mol. The van der Waals surface area contributed by atoms with Gasteiger partial charge < -0.3 is 9.42 Å². The minimum atomic E-state index is -0.279. The Bertz CT molecular complexity index is 1350. The Hall–Kier alpha value is -3.74. The third-order valence-electron chi connectivity index (χ3n) is 5.69. The van der Waals surface area contributed by atoms with E-state index in [1.807, 2.05) is 62.4 Å². The summed E-state index contributed by atoms with van der Waals surface area (Å²) < 4.78 is 6.95. The van der Waals surface area contributed by atoms with Crippen LogP contribution in [0.3, 0.4) is 0 Å². The molecule has 4 aromatic rings. The molecule has 156 valence electrons. The van der Waals surface area contributed by atoms with Gasteiger partial charge in [-0.2, -0.15) is 4.98 Å². The number of benzene rings is 2. The van der Waals surface area contributed by atoms with Crippen LogP contribution in [-0.4, -0.2) is 27.2 Å². The van der Waals surface area contributed by atoms with Crippen molar-refractivity contribution in [1.82, 2.24) is 14.7 Å². The maximum Gasteiger partial charge on any atom is 0.258 e. The van der Waals surface area contributed by atoms with Crippen molar-refractivity contribution in [1.29, 1.82) is 0 Å². The number of rotatable bonds is 4. The highest BCUT2D eigenvalue weighted by Gasteiger charge is 2.25. The van der Waals surface area contributed by atoms with E-state index < -0.39 is 0 Å². The fourth-order valence-electron chi connectivity index (χ4n) is 4.07. The zero-order chi connectivity index (χ0) is 21.5. The van der Waals surface area contributed by atoms with Gasteiger partial charge in [0.1, 0.15) is 6.54 Å². The SMILES string of the molecule is CC(C)c1noc(-c2cc(=O)n(CC(=O)N3CCc4ccccc43)c3ccccc23)n1. The summed E-state index contributed by atoms with van der Waals surface area (Å²) in [4.78, 5) is 32.4. The second kappa shape index (κ2) is 7.50. The Labute approximate surface area is 178 Å². The quantitative estimate of drug-likeness (QED) is 0.508. The second-order valence-corrected chi connectivity index (χ2v) is 8.04. The van der Waals surface area contributed by atoms with Crippen LogP contribution in [0.15, 0.2) is 63.9 Å². The summed E-state index contributed by atoms with van der Waals surface area (Å²) in [6.07, 6.45) is 0.825. The average Bonchev–Trinajstić information content (AvgIpc) is 3.43. The van der Waals surface area contributed by atoms with Gasteiger partial charge in [0.2, 0.25) is 5.91 Å². The molecule has 0 radical (unpaired) electrons. The number of carbonyl (C=O) groups excluding carboxylic acids is 1. The van der Waals surface area contributed by atoms with Crippen LogP contribution in [-0.2, 0) is 17.8 Å². The van der Waals surface area contributed by atoms with Crippen molar-refractivity contribution < 1.29 is 9.32 Å². The van der Waals surface area contributed by atoms with Gasteiger partial charge in [0.15, 0.2) is 5.82 Å². The second-order valence-electron chi connectivity index (χ2n) is 8.04. The Kier molecular flexibility index (Phi) is 4.66. The molecule has 1 aliphatic rings. The molecule has 3 heterocycles. The minimum Gasteiger partial charge on any atom is -0.334 e. The van der Waals surface area contributed by atoms with Gasteiger partial charge in [-0.05, 0) is 24.1 Å². The maximum absolute atomic E-state index is 13.1. The van der Waals surface area contributed by atoms with Crippen LogP contribution in [0, 0.1) is 0 Å². The average molecular weight is 414 g/mol. The highest BCUT2D eigenvalue weighted by molar-refractivity contribution is 5.97. The lowest BCUT2D eigenvalue weighted by molar-refractivity contribution is -0.119. The van der Waals surface area contributed by atoms with Gasteiger partial charge in [-0.1, -0.05) is 55.4 Å². The number of aromatic nitrogens is 3. The number of nitrogens with zero attached hydrogens (tertiary/aromatic N) is 4. The number of hydrogen-bond donors (Lipinski definition) is 0. The molecular weight excluding hydrogens is 392 g/mol. The van der Waals surface area contributed by atoms with Crippen LogP contribution in [0.1, 0.15) is 31.2 Å². The van der Waals surface area contributed by atoms with Gasteiger partial charge in [0, 0.05) is 29.6 Å². The van der Waals surface area contributed by atoms with E-state index in [9.17, 15) is 9.59 Å². The van der Waals surface area contributed by atoms with Gasteiger partial charge in [-0.3, -0.25) is 14.2 Å². The van der Waals surface area contributed by atoms with Crippen LogP contribution in [0.4, 0.5) is 5.69 Å². The third-order valence-corrected chi connectivity index (χ3v) is 5.69. The molecule has 0 aliphatic carbocycles. The topological polar surface area (TPSA) is 81.2 Å². The molecule has 1 aliphatic heterocycles. The van der Waals surface area contributed by atoms with Gasteiger partial charge in [-0.25, -0.2) is 0 Å². The van der Waals surface area contributed by atoms with Crippen molar-refractivity contribution in [3.05, 3.63) is 76.3 Å². The lowest BCUT2D eigenvalue weighted by Gasteiger charge is -2.19. The van der Waals surface area contributed by atoms with Crippen LogP contribution >= 0.6 is 0 Å². The van der Waals surface area contributed by atoms with E-state index in [2.05, 4.69) is 10.1 Å². The van der Waals surface area contributed by atoms with Gasteiger partial charge in [-0.15, -0.1) is 0 Å². The minimum absolute atomic E-state index is 0.0327. The number of fused-ring (bicyclic) bond motifs is 2. The standard InChI is InChI=1S/C24H22N4O3/c1-15(2)23-25-24(31-26-23)18-13-21(29)28(20-10-6-4-8-17(18)20)14-22(30)27-12-11-16-7-3-5-9-19(16)27/h3-10,13,15H,11-12,14H2,1-2H3. The molecule has 0 N–H and O–H groups in total. The van der Waals surface area contributed by atoms with Crippen LogP contribution in [0.2, 0.25) is 0 Å². The van der Waals surface area contributed by atoms with Crippen molar-refractivity contribution in [2.75, 3.05) is 11.4 Å². The lowest BCUT2D eigenvalue weighted by atomic mass is 10.1. The monoisotopic (exact) mass is 414 g/mol. The number of para-hydroxylation sites is 2. The largest absolute Gasteiger partial charge is 0.334 e. The molecule has 0 bridgehead atoms. The summed E-state index contributed by atoms with van der Waals surface area (Å²) in [7, 11) is 0. The molecule has 31 heavy (non-hydrogen) atoms. The zero-order valence-electron chi connectivity index (χ0n) is 17.4. The predicted octanol–water partition coefficient (Wildman–Crippen LogP) is 3.76. The van der Waals surface area contributed by atoms with Crippen molar-refractivity contribution in [2.24, 2.45) is 0 Å². The van der Waals surface area contributed by atoms with Gasteiger partial charge in [0.05, 0.1) is 11.1 Å². The molecular formula is C24H22N4O3. The first-order valence-corrected chi connectivity index (χ1v) is 10.4. The van der Waals surface area contributed by atoms with Crippen LogP contribution in [0.5, 0.6) is 0 Å². The Balaban J connectivity index is 1.55. The van der Waals surface area contributed by atoms with Crippen molar-refractivity contribution in [3.8, 4) is 11.5 Å². The first-order chi connectivity index (χ1) is 15.0. The lowest BCUT2D eigenvalue weighted by Crippen LogP contribution is -2.35. The normalized spacial score (nSPS) is 13.2. The molecule has 5 rings (SSSR count). The number of pyridine rings is 1. The molecule has 0 spiro atoms. The third kappa shape index (κ3) is 3.32. The number of anilines is 1. The van der Waals surface area contributed by atoms with E-state index in [4.69, 9.17) is 4.52 Å². The summed E-state index contributed by atoms with van der Waals surface area (Å²) in [6, 6.07) is 16.8. The van der Waals surface area contributed by atoms with E-state index >= 15 is 0 Å². The molecule has 2 aromatic heterocycles. The molecule has 0 fully saturated rings. The Morgan fingerprint density at radius 1 is 1.13 bits per heavy atom. The molecule has 7 heteroatoms. The highest BCUT2D eigenvalue weighted by atomic mass is 16.5. The van der Waals surface area contributed by atoms with E-state index in [1.54, 1.807) is 4.90 Å². The molecule has 0 unspecified atom stereocenters. The van der Waals surface area contributed by atoms with E-state index in [1.165, 1.54) is 10.6 Å². The summed E-state index contributed by atoms with van der Waals surface area (Å²) in [5.74, 6) is 0.907. The van der Waals surface area contributed by atoms with Crippen molar-refractivity contribution >= 4 is 22.5 Å². The number of amides is 1. The summed E-state index contributed by atoms with van der Waals surface area (Å²) in [5, 5.41) is 4.80. The fourth-order valence-corrected chi connectivity index (χ4v) is 4.07. The molecule has 2 aromatic carbocycles. The summed E-state index contributed by atoms with van der Waals surface area (Å²) in [6.45, 7) is 4.55. The van der Waals surface area contributed by atoms with E-state index in [-0.39, 0.29) is 23.9 Å². The zero-order valence-corrected chi connectivity index (χ0v) is 17.4. The Morgan fingerprint density at radius 3 is 2.71 bits per heavy atom. The van der Waals surface area contributed by atoms with Crippen LogP contribution in [0.25, 0.3) is 22.4 Å². The van der Waals surface area contributed by atoms with Crippen LogP contribution < -0.4 is 10.5 Å². The highest BCUT2D eigenvalue weighted by Crippen LogP contribution is 2.29. The first kappa shape index (κ1) is 19.2.